The van der Waals surface area contributed by atoms with E-state index in [0.717, 1.165) is 22.8 Å². The number of hydrogen-bond acceptors (Lipinski definition) is 6. The Balaban J connectivity index is 3.01. The minimum Gasteiger partial charge on any atom is -0.396 e. The fraction of sp³-hybridized carbons (Fsp3) is 0.556. The summed E-state index contributed by atoms with van der Waals surface area (Å²) in [6, 6.07) is 0. The van der Waals surface area contributed by atoms with Gasteiger partial charge in [0, 0.05) is 17.7 Å². The van der Waals surface area contributed by atoms with Crippen molar-refractivity contribution in [1.82, 2.24) is 9.97 Å². The summed E-state index contributed by atoms with van der Waals surface area (Å²) in [5.74, 6) is 7.42. The van der Waals surface area contributed by atoms with E-state index in [4.69, 9.17) is 10.9 Å². The molecule has 84 valence electrons. The van der Waals surface area contributed by atoms with Crippen LogP contribution in [0, 0.1) is 6.92 Å². The highest BCUT2D eigenvalue weighted by atomic mass is 32.2. The van der Waals surface area contributed by atoms with E-state index < -0.39 is 0 Å². The summed E-state index contributed by atoms with van der Waals surface area (Å²) in [5.41, 5.74) is 3.48. The van der Waals surface area contributed by atoms with Crippen LogP contribution in [0.3, 0.4) is 0 Å². The van der Waals surface area contributed by atoms with Gasteiger partial charge in [0.2, 0.25) is 0 Å². The highest BCUT2D eigenvalue weighted by Crippen LogP contribution is 2.24. The molecule has 15 heavy (non-hydrogen) atoms. The van der Waals surface area contributed by atoms with Crippen molar-refractivity contribution in [3.8, 4) is 0 Å². The standard InChI is InChI=1S/C9H16N4OS/c1-3-7-11-8(13-10)6(2)9(12-7)15-5-4-14/h14H,3-5,10H2,1-2H3,(H,11,12,13). The van der Waals surface area contributed by atoms with Crippen LogP contribution in [-0.4, -0.2) is 27.4 Å². The van der Waals surface area contributed by atoms with Gasteiger partial charge >= 0.3 is 0 Å². The molecule has 0 aliphatic carbocycles. The number of thioether (sulfide) groups is 1. The van der Waals surface area contributed by atoms with Crippen molar-refractivity contribution in [1.29, 1.82) is 0 Å². The molecule has 0 saturated heterocycles. The van der Waals surface area contributed by atoms with Gasteiger partial charge in [-0.05, 0) is 6.92 Å². The Kier molecular flexibility index (Phi) is 4.80. The molecule has 0 aromatic carbocycles. The van der Waals surface area contributed by atoms with Gasteiger partial charge in [-0.2, -0.15) is 0 Å². The number of nitrogen functional groups attached to an aromatic ring is 1. The quantitative estimate of drug-likeness (QED) is 0.298. The van der Waals surface area contributed by atoms with Crippen molar-refractivity contribution in [3.05, 3.63) is 11.4 Å². The minimum atomic E-state index is 0.140. The van der Waals surface area contributed by atoms with E-state index in [0.29, 0.717) is 11.6 Å². The number of aryl methyl sites for hydroxylation is 1. The summed E-state index contributed by atoms with van der Waals surface area (Å²) in [4.78, 5) is 8.64. The van der Waals surface area contributed by atoms with Crippen LogP contribution in [-0.2, 0) is 6.42 Å². The van der Waals surface area contributed by atoms with Gasteiger partial charge in [-0.1, -0.05) is 6.92 Å². The van der Waals surface area contributed by atoms with E-state index in [1.165, 1.54) is 11.8 Å². The number of anilines is 1. The van der Waals surface area contributed by atoms with Gasteiger partial charge in [0.1, 0.15) is 16.7 Å². The van der Waals surface area contributed by atoms with Crippen LogP contribution < -0.4 is 11.3 Å². The number of aliphatic hydroxyl groups excluding tert-OH is 1. The van der Waals surface area contributed by atoms with Crippen molar-refractivity contribution in [2.45, 2.75) is 25.3 Å². The summed E-state index contributed by atoms with van der Waals surface area (Å²) in [6.07, 6.45) is 0.766. The number of aromatic nitrogens is 2. The second kappa shape index (κ2) is 5.89. The largest absolute Gasteiger partial charge is 0.396 e. The Hall–Kier alpha value is -0.850. The number of nitrogens with zero attached hydrogens (tertiary/aromatic N) is 2. The lowest BCUT2D eigenvalue weighted by molar-refractivity contribution is 0.322. The third-order valence-corrected chi connectivity index (χ3v) is 2.99. The van der Waals surface area contributed by atoms with Crippen molar-refractivity contribution in [3.63, 3.8) is 0 Å². The number of hydrogen-bond donors (Lipinski definition) is 3. The number of rotatable bonds is 5. The zero-order valence-electron chi connectivity index (χ0n) is 8.95. The van der Waals surface area contributed by atoms with Crippen molar-refractivity contribution in [2.24, 2.45) is 5.84 Å². The third kappa shape index (κ3) is 3.05. The van der Waals surface area contributed by atoms with Crippen molar-refractivity contribution < 1.29 is 5.11 Å². The molecule has 0 unspecified atom stereocenters. The summed E-state index contributed by atoms with van der Waals surface area (Å²) in [6.45, 7) is 4.04. The predicted octanol–water partition coefficient (Wildman–Crippen LogP) is 0.717. The second-order valence-electron chi connectivity index (χ2n) is 2.99. The number of nitrogens with one attached hydrogen (secondary N) is 1. The molecular formula is C9H16N4OS. The lowest BCUT2D eigenvalue weighted by Gasteiger charge is -2.10. The van der Waals surface area contributed by atoms with Gasteiger partial charge in [-0.3, -0.25) is 0 Å². The maximum absolute atomic E-state index is 8.77. The van der Waals surface area contributed by atoms with Gasteiger partial charge in [-0.25, -0.2) is 15.8 Å². The Morgan fingerprint density at radius 3 is 2.73 bits per heavy atom. The van der Waals surface area contributed by atoms with E-state index in [1.54, 1.807) is 0 Å². The van der Waals surface area contributed by atoms with Crippen LogP contribution in [0.5, 0.6) is 0 Å². The molecule has 6 heteroatoms. The van der Waals surface area contributed by atoms with E-state index in [2.05, 4.69) is 15.4 Å². The van der Waals surface area contributed by atoms with Crippen LogP contribution in [0.15, 0.2) is 5.03 Å². The molecule has 4 N–H and O–H groups in total. The molecule has 0 bridgehead atoms. The third-order valence-electron chi connectivity index (χ3n) is 1.93. The average molecular weight is 228 g/mol. The van der Waals surface area contributed by atoms with Crippen LogP contribution in [0.4, 0.5) is 5.82 Å². The molecule has 5 nitrogen and oxygen atoms in total. The Morgan fingerprint density at radius 2 is 2.20 bits per heavy atom. The molecule has 0 fully saturated rings. The topological polar surface area (TPSA) is 84.1 Å². The first kappa shape index (κ1) is 12.2. The SMILES string of the molecule is CCc1nc(NN)c(C)c(SCCO)n1. The van der Waals surface area contributed by atoms with Gasteiger partial charge in [0.25, 0.3) is 0 Å². The zero-order chi connectivity index (χ0) is 11.3. The molecule has 0 amide bonds. The lowest BCUT2D eigenvalue weighted by Crippen LogP contribution is -2.13. The van der Waals surface area contributed by atoms with E-state index >= 15 is 0 Å². The fourth-order valence-corrected chi connectivity index (χ4v) is 1.89. The molecule has 0 saturated carbocycles. The molecule has 0 atom stereocenters. The number of nitrogens with two attached hydrogens (primary N) is 1. The molecule has 1 aromatic rings. The highest BCUT2D eigenvalue weighted by Gasteiger charge is 2.09. The maximum atomic E-state index is 8.77. The average Bonchev–Trinajstić information content (AvgIpc) is 2.27. The van der Waals surface area contributed by atoms with Crippen LogP contribution in [0.2, 0.25) is 0 Å². The molecule has 1 heterocycles. The predicted molar refractivity (Wildman–Crippen MR) is 61.8 cm³/mol. The lowest BCUT2D eigenvalue weighted by atomic mass is 10.3. The molecule has 0 radical (unpaired) electrons. The van der Waals surface area contributed by atoms with Gasteiger partial charge < -0.3 is 10.5 Å². The zero-order valence-corrected chi connectivity index (χ0v) is 9.77. The Bertz CT molecular complexity index is 332. The van der Waals surface area contributed by atoms with Gasteiger partial charge in [0.05, 0.1) is 6.61 Å². The summed E-state index contributed by atoms with van der Waals surface area (Å²) < 4.78 is 0. The van der Waals surface area contributed by atoms with Crippen LogP contribution >= 0.6 is 11.8 Å². The first-order valence-corrected chi connectivity index (χ1v) is 5.79. The fourth-order valence-electron chi connectivity index (χ4n) is 1.12. The van der Waals surface area contributed by atoms with Crippen molar-refractivity contribution >= 4 is 17.6 Å². The smallest absolute Gasteiger partial charge is 0.147 e. The molecule has 0 spiro atoms. The molecular weight excluding hydrogens is 212 g/mol. The summed E-state index contributed by atoms with van der Waals surface area (Å²) in [7, 11) is 0. The van der Waals surface area contributed by atoms with E-state index in [1.807, 2.05) is 13.8 Å². The molecule has 0 aliphatic rings. The molecule has 0 aliphatic heterocycles. The van der Waals surface area contributed by atoms with Gasteiger partial charge in [-0.15, -0.1) is 11.8 Å². The first-order valence-electron chi connectivity index (χ1n) is 4.80. The highest BCUT2D eigenvalue weighted by molar-refractivity contribution is 7.99. The molecule has 1 aromatic heterocycles. The monoisotopic (exact) mass is 228 g/mol. The first-order chi connectivity index (χ1) is 7.22. The van der Waals surface area contributed by atoms with Crippen LogP contribution in [0.1, 0.15) is 18.3 Å². The van der Waals surface area contributed by atoms with Gasteiger partial charge in [0.15, 0.2) is 0 Å². The second-order valence-corrected chi connectivity index (χ2v) is 4.07. The number of aliphatic hydroxyl groups is 1. The number of hydrazine groups is 1. The molecule has 1 rings (SSSR count). The maximum Gasteiger partial charge on any atom is 0.147 e. The Morgan fingerprint density at radius 1 is 1.47 bits per heavy atom. The minimum absolute atomic E-state index is 0.140. The summed E-state index contributed by atoms with van der Waals surface area (Å²) in [5, 5.41) is 9.65. The van der Waals surface area contributed by atoms with E-state index in [9.17, 15) is 0 Å². The summed E-state index contributed by atoms with van der Waals surface area (Å²) >= 11 is 1.51. The normalized spacial score (nSPS) is 10.4. The Labute approximate surface area is 93.5 Å². The van der Waals surface area contributed by atoms with Crippen molar-refractivity contribution in [2.75, 3.05) is 17.8 Å². The van der Waals surface area contributed by atoms with E-state index in [-0.39, 0.29) is 6.61 Å². The van der Waals surface area contributed by atoms with Crippen LogP contribution in [0.25, 0.3) is 0 Å².